The van der Waals surface area contributed by atoms with Crippen LogP contribution < -0.4 is 0 Å². The quantitative estimate of drug-likeness (QED) is 0.766. The molecule has 2 aliphatic carbocycles. The maximum atomic E-state index is 11.8. The average Bonchev–Trinajstić information content (AvgIpc) is 2.66. The van der Waals surface area contributed by atoms with Crippen molar-refractivity contribution in [3.63, 3.8) is 0 Å². The number of carbonyl (C=O) groups is 2. The Morgan fingerprint density at radius 3 is 1.42 bits per heavy atom. The summed E-state index contributed by atoms with van der Waals surface area (Å²) in [5, 5.41) is 0. The summed E-state index contributed by atoms with van der Waals surface area (Å²) in [5.74, 6) is 0. The molecule has 0 atom stereocenters. The Labute approximate surface area is 142 Å². The van der Waals surface area contributed by atoms with E-state index in [1.54, 1.807) is 0 Å². The molecule has 0 saturated heterocycles. The van der Waals surface area contributed by atoms with Gasteiger partial charge in [-0.25, -0.2) is 0 Å². The Morgan fingerprint density at radius 1 is 0.583 bits per heavy atom. The van der Waals surface area contributed by atoms with E-state index in [9.17, 15) is 9.59 Å². The Balaban J connectivity index is 2.06. The predicted molar refractivity (Wildman–Crippen MR) is 95.9 cm³/mol. The lowest BCUT2D eigenvalue weighted by Gasteiger charge is -2.26. The van der Waals surface area contributed by atoms with Crippen LogP contribution in [0, 0.1) is 0 Å². The maximum absolute atomic E-state index is 11.8. The van der Waals surface area contributed by atoms with E-state index in [1.807, 2.05) is 12.1 Å². The van der Waals surface area contributed by atoms with Crippen LogP contribution in [0.5, 0.6) is 0 Å². The van der Waals surface area contributed by atoms with Gasteiger partial charge >= 0.3 is 0 Å². The zero-order chi connectivity index (χ0) is 16.5. The number of carbonyl (C=O) groups excluding carboxylic acids is 2. The minimum absolute atomic E-state index is 0.734. The van der Waals surface area contributed by atoms with E-state index in [4.69, 9.17) is 0 Å². The molecule has 0 heterocycles. The lowest BCUT2D eigenvalue weighted by molar-refractivity contribution is 0.111. The van der Waals surface area contributed by atoms with Gasteiger partial charge in [-0.15, -0.1) is 0 Å². The zero-order valence-electron chi connectivity index (χ0n) is 13.9. The summed E-state index contributed by atoms with van der Waals surface area (Å²) in [6.45, 7) is 0. The Morgan fingerprint density at radius 2 is 1.00 bits per heavy atom. The van der Waals surface area contributed by atoms with Crippen LogP contribution in [-0.4, -0.2) is 12.6 Å². The summed E-state index contributed by atoms with van der Waals surface area (Å²) in [4.78, 5) is 23.5. The normalized spacial score (nSPS) is 16.2. The molecule has 0 aliphatic heterocycles. The van der Waals surface area contributed by atoms with Gasteiger partial charge in [0.1, 0.15) is 0 Å². The first-order valence-corrected chi connectivity index (χ1v) is 9.03. The molecule has 0 amide bonds. The van der Waals surface area contributed by atoms with E-state index in [2.05, 4.69) is 12.1 Å². The molecule has 0 aromatic heterocycles. The van der Waals surface area contributed by atoms with Crippen molar-refractivity contribution >= 4 is 12.6 Å². The van der Waals surface area contributed by atoms with Crippen LogP contribution in [0.4, 0.5) is 0 Å². The van der Waals surface area contributed by atoms with Crippen LogP contribution in [0.25, 0.3) is 11.1 Å². The van der Waals surface area contributed by atoms with Crippen molar-refractivity contribution in [2.45, 2.75) is 51.4 Å². The van der Waals surface area contributed by atoms with Crippen molar-refractivity contribution in [3.05, 3.63) is 57.6 Å². The van der Waals surface area contributed by atoms with E-state index >= 15 is 0 Å². The van der Waals surface area contributed by atoms with Gasteiger partial charge in [0.25, 0.3) is 0 Å². The molecule has 2 heteroatoms. The molecule has 4 rings (SSSR count). The molecule has 0 saturated carbocycles. The number of benzene rings is 2. The summed E-state index contributed by atoms with van der Waals surface area (Å²) in [5.41, 5.74) is 8.86. The van der Waals surface area contributed by atoms with Crippen molar-refractivity contribution in [1.29, 1.82) is 0 Å². The van der Waals surface area contributed by atoms with E-state index < -0.39 is 0 Å². The Hall–Kier alpha value is -2.22. The molecular weight excluding hydrogens is 296 g/mol. The van der Waals surface area contributed by atoms with Crippen LogP contribution in [0.1, 0.15) is 68.7 Å². The van der Waals surface area contributed by atoms with Crippen molar-refractivity contribution in [3.8, 4) is 11.1 Å². The number of hydrogen-bond donors (Lipinski definition) is 0. The second kappa shape index (κ2) is 6.35. The second-order valence-corrected chi connectivity index (χ2v) is 6.98. The second-order valence-electron chi connectivity index (χ2n) is 6.98. The van der Waals surface area contributed by atoms with Gasteiger partial charge in [-0.1, -0.05) is 24.3 Å². The van der Waals surface area contributed by atoms with Crippen molar-refractivity contribution in [2.75, 3.05) is 0 Å². The third-order valence-corrected chi connectivity index (χ3v) is 5.63. The first-order valence-electron chi connectivity index (χ1n) is 9.03. The molecule has 0 radical (unpaired) electrons. The molecule has 2 aliphatic rings. The van der Waals surface area contributed by atoms with Gasteiger partial charge in [0, 0.05) is 11.1 Å². The monoisotopic (exact) mass is 318 g/mol. The van der Waals surface area contributed by atoms with E-state index in [1.165, 1.54) is 35.1 Å². The Bertz CT molecular complexity index is 748. The van der Waals surface area contributed by atoms with E-state index in [0.29, 0.717) is 0 Å². The lowest BCUT2D eigenvalue weighted by atomic mass is 9.78. The fourth-order valence-electron chi connectivity index (χ4n) is 4.48. The zero-order valence-corrected chi connectivity index (χ0v) is 13.9. The number of rotatable bonds is 3. The summed E-state index contributed by atoms with van der Waals surface area (Å²) < 4.78 is 0. The van der Waals surface area contributed by atoms with Crippen LogP contribution in [0.15, 0.2) is 24.3 Å². The van der Waals surface area contributed by atoms with E-state index in [0.717, 1.165) is 73.4 Å². The van der Waals surface area contributed by atoms with Crippen molar-refractivity contribution in [1.82, 2.24) is 0 Å². The highest BCUT2D eigenvalue weighted by atomic mass is 16.1. The van der Waals surface area contributed by atoms with Crippen LogP contribution in [0.3, 0.4) is 0 Å². The van der Waals surface area contributed by atoms with Crippen molar-refractivity contribution < 1.29 is 9.59 Å². The number of aryl methyl sites for hydroxylation is 2. The van der Waals surface area contributed by atoms with Gasteiger partial charge in [0.05, 0.1) is 0 Å². The van der Waals surface area contributed by atoms with Crippen LogP contribution >= 0.6 is 0 Å². The van der Waals surface area contributed by atoms with Gasteiger partial charge in [-0.05, 0) is 84.7 Å². The summed E-state index contributed by atoms with van der Waals surface area (Å²) in [6, 6.07) is 8.11. The smallest absolute Gasteiger partial charge is 0.150 e. The standard InChI is InChI=1S/C22H22O2/c23-13-17-11-9-15-5-1-3-7-19(15)21(17)22-18(14-24)12-10-16-6-2-4-8-20(16)22/h9-14H,1-8H2. The molecule has 0 N–H and O–H groups in total. The molecule has 0 spiro atoms. The summed E-state index contributed by atoms with van der Waals surface area (Å²) in [7, 11) is 0. The third-order valence-electron chi connectivity index (χ3n) is 5.63. The fourth-order valence-corrected chi connectivity index (χ4v) is 4.48. The summed E-state index contributed by atoms with van der Waals surface area (Å²) in [6.07, 6.45) is 10.8. The molecule has 122 valence electrons. The highest BCUT2D eigenvalue weighted by molar-refractivity contribution is 5.97. The SMILES string of the molecule is O=Cc1ccc2c(c1-c1c(C=O)ccc3c1CCCC3)CCCC2. The minimum Gasteiger partial charge on any atom is -0.298 e. The van der Waals surface area contributed by atoms with Crippen LogP contribution in [-0.2, 0) is 25.7 Å². The largest absolute Gasteiger partial charge is 0.298 e. The lowest BCUT2D eigenvalue weighted by Crippen LogP contribution is -2.12. The molecule has 2 aromatic rings. The number of hydrogen-bond acceptors (Lipinski definition) is 2. The number of fused-ring (bicyclic) bond motifs is 2. The van der Waals surface area contributed by atoms with Gasteiger partial charge in [-0.3, -0.25) is 9.59 Å². The van der Waals surface area contributed by atoms with Gasteiger partial charge in [-0.2, -0.15) is 0 Å². The molecular formula is C22H22O2. The summed E-state index contributed by atoms with van der Waals surface area (Å²) >= 11 is 0. The third kappa shape index (κ3) is 2.41. The highest BCUT2D eigenvalue weighted by Gasteiger charge is 2.24. The number of aldehydes is 2. The first kappa shape index (κ1) is 15.3. The average molecular weight is 318 g/mol. The van der Waals surface area contributed by atoms with Gasteiger partial charge in [0.15, 0.2) is 12.6 Å². The topological polar surface area (TPSA) is 34.1 Å². The Kier molecular flexibility index (Phi) is 4.05. The first-order chi connectivity index (χ1) is 11.8. The molecule has 24 heavy (non-hydrogen) atoms. The minimum atomic E-state index is 0.734. The van der Waals surface area contributed by atoms with Gasteiger partial charge in [0.2, 0.25) is 0 Å². The van der Waals surface area contributed by atoms with Crippen LogP contribution in [0.2, 0.25) is 0 Å². The highest BCUT2D eigenvalue weighted by Crippen LogP contribution is 2.40. The molecule has 0 unspecified atom stereocenters. The van der Waals surface area contributed by atoms with Gasteiger partial charge < -0.3 is 0 Å². The molecule has 2 nitrogen and oxygen atoms in total. The molecule has 0 bridgehead atoms. The fraction of sp³-hybridized carbons (Fsp3) is 0.364. The predicted octanol–water partition coefficient (Wildman–Crippen LogP) is 4.74. The molecule has 2 aromatic carbocycles. The van der Waals surface area contributed by atoms with E-state index in [-0.39, 0.29) is 0 Å². The molecule has 0 fully saturated rings. The maximum Gasteiger partial charge on any atom is 0.150 e. The van der Waals surface area contributed by atoms with Crippen molar-refractivity contribution in [2.24, 2.45) is 0 Å².